The van der Waals surface area contributed by atoms with E-state index in [-0.39, 0.29) is 12.1 Å². The molecule has 1 atom stereocenters. The van der Waals surface area contributed by atoms with Crippen LogP contribution in [-0.2, 0) is 13.1 Å². The first-order valence-corrected chi connectivity index (χ1v) is 8.21. The van der Waals surface area contributed by atoms with Crippen molar-refractivity contribution in [3.05, 3.63) is 83.9 Å². The molecule has 0 bridgehead atoms. The molecule has 0 saturated carbocycles. The van der Waals surface area contributed by atoms with Crippen molar-refractivity contribution in [1.82, 2.24) is 25.4 Å². The van der Waals surface area contributed by atoms with E-state index in [9.17, 15) is 4.79 Å². The Morgan fingerprint density at radius 1 is 1.08 bits per heavy atom. The Morgan fingerprint density at radius 3 is 2.56 bits per heavy atom. The fourth-order valence-corrected chi connectivity index (χ4v) is 2.61. The number of pyridine rings is 1. The van der Waals surface area contributed by atoms with Gasteiger partial charge in [0.2, 0.25) is 0 Å². The van der Waals surface area contributed by atoms with Gasteiger partial charge in [-0.05, 0) is 41.8 Å². The number of hydrogen-bond donors (Lipinski definition) is 2. The molecule has 1 unspecified atom stereocenters. The van der Waals surface area contributed by atoms with E-state index in [1.807, 2.05) is 54.2 Å². The van der Waals surface area contributed by atoms with Crippen LogP contribution in [-0.4, -0.2) is 20.8 Å². The van der Waals surface area contributed by atoms with Crippen LogP contribution in [0.3, 0.4) is 0 Å². The highest BCUT2D eigenvalue weighted by molar-refractivity contribution is 5.74. The van der Waals surface area contributed by atoms with Crippen molar-refractivity contribution < 1.29 is 4.79 Å². The van der Waals surface area contributed by atoms with Crippen LogP contribution in [0.4, 0.5) is 4.79 Å². The number of nitrogens with zero attached hydrogens (tertiary/aromatic N) is 3. The van der Waals surface area contributed by atoms with Crippen molar-refractivity contribution >= 4 is 6.03 Å². The summed E-state index contributed by atoms with van der Waals surface area (Å²) in [6, 6.07) is 13.4. The second kappa shape index (κ2) is 8.10. The Bertz CT molecular complexity index is 802. The molecular weight excluding hydrogens is 314 g/mol. The molecule has 6 heteroatoms. The lowest BCUT2D eigenvalue weighted by atomic mass is 10.1. The highest BCUT2D eigenvalue weighted by Crippen LogP contribution is 2.11. The third-order valence-corrected chi connectivity index (χ3v) is 4.00. The highest BCUT2D eigenvalue weighted by atomic mass is 16.2. The van der Waals surface area contributed by atoms with Gasteiger partial charge in [-0.1, -0.05) is 24.3 Å². The van der Waals surface area contributed by atoms with E-state index in [1.54, 1.807) is 18.6 Å². The first-order valence-electron chi connectivity index (χ1n) is 8.21. The lowest BCUT2D eigenvalue weighted by Gasteiger charge is -2.16. The van der Waals surface area contributed by atoms with Crippen molar-refractivity contribution in [3.63, 3.8) is 0 Å². The maximum atomic E-state index is 12.2. The van der Waals surface area contributed by atoms with Crippen molar-refractivity contribution in [3.8, 4) is 0 Å². The SMILES string of the molecule is CC(NC(=O)NCc1ccccc1Cn1cccn1)c1ccncc1. The Balaban J connectivity index is 1.57. The summed E-state index contributed by atoms with van der Waals surface area (Å²) in [6.07, 6.45) is 7.12. The number of carbonyl (C=O) groups excluding carboxylic acids is 1. The standard InChI is InChI=1S/C19H21N5O/c1-15(16-7-10-20-11-8-16)23-19(25)21-13-17-5-2-3-6-18(17)14-24-12-4-9-22-24/h2-12,15H,13-14H2,1H3,(H2,21,23,25). The van der Waals surface area contributed by atoms with Crippen LogP contribution in [0.1, 0.15) is 29.7 Å². The molecule has 2 amide bonds. The first kappa shape index (κ1) is 16.7. The number of carbonyl (C=O) groups is 1. The number of urea groups is 1. The number of benzene rings is 1. The molecular formula is C19H21N5O. The van der Waals surface area contributed by atoms with Gasteiger partial charge < -0.3 is 10.6 Å². The zero-order valence-corrected chi connectivity index (χ0v) is 14.1. The molecule has 128 valence electrons. The fraction of sp³-hybridized carbons (Fsp3) is 0.211. The highest BCUT2D eigenvalue weighted by Gasteiger charge is 2.10. The van der Waals surface area contributed by atoms with Crippen molar-refractivity contribution in [1.29, 1.82) is 0 Å². The number of nitrogens with one attached hydrogen (secondary N) is 2. The van der Waals surface area contributed by atoms with Gasteiger partial charge in [0, 0.05) is 31.3 Å². The predicted molar refractivity (Wildman–Crippen MR) is 95.8 cm³/mol. The van der Waals surface area contributed by atoms with Gasteiger partial charge in [0.15, 0.2) is 0 Å². The fourth-order valence-electron chi connectivity index (χ4n) is 2.61. The molecule has 0 saturated heterocycles. The van der Waals surface area contributed by atoms with Crippen molar-refractivity contribution in [2.24, 2.45) is 0 Å². The molecule has 0 aliphatic heterocycles. The minimum atomic E-state index is -0.196. The second-order valence-corrected chi connectivity index (χ2v) is 5.80. The molecule has 6 nitrogen and oxygen atoms in total. The number of amides is 2. The number of aromatic nitrogens is 3. The Labute approximate surface area is 146 Å². The largest absolute Gasteiger partial charge is 0.334 e. The molecule has 3 aromatic rings. The van der Waals surface area contributed by atoms with E-state index in [0.717, 1.165) is 16.7 Å². The van der Waals surface area contributed by atoms with Crippen LogP contribution in [0.2, 0.25) is 0 Å². The van der Waals surface area contributed by atoms with Crippen LogP contribution >= 0.6 is 0 Å². The van der Waals surface area contributed by atoms with Crippen LogP contribution in [0.5, 0.6) is 0 Å². The summed E-state index contributed by atoms with van der Waals surface area (Å²) in [5, 5.41) is 10.1. The molecule has 25 heavy (non-hydrogen) atoms. The first-order chi connectivity index (χ1) is 12.2. The van der Waals surface area contributed by atoms with Gasteiger partial charge >= 0.3 is 6.03 Å². The van der Waals surface area contributed by atoms with E-state index in [4.69, 9.17) is 0 Å². The summed E-state index contributed by atoms with van der Waals surface area (Å²) in [6.45, 7) is 3.09. The molecule has 0 radical (unpaired) electrons. The average Bonchev–Trinajstić information content (AvgIpc) is 3.15. The van der Waals surface area contributed by atoms with Gasteiger partial charge in [-0.25, -0.2) is 4.79 Å². The Morgan fingerprint density at radius 2 is 1.84 bits per heavy atom. The average molecular weight is 335 g/mol. The molecule has 2 N–H and O–H groups in total. The quantitative estimate of drug-likeness (QED) is 0.727. The number of hydrogen-bond acceptors (Lipinski definition) is 3. The summed E-state index contributed by atoms with van der Waals surface area (Å²) < 4.78 is 1.87. The van der Waals surface area contributed by atoms with Crippen molar-refractivity contribution in [2.75, 3.05) is 0 Å². The van der Waals surface area contributed by atoms with Gasteiger partial charge in [-0.15, -0.1) is 0 Å². The summed E-state index contributed by atoms with van der Waals surface area (Å²) >= 11 is 0. The van der Waals surface area contributed by atoms with E-state index in [1.165, 1.54) is 0 Å². The van der Waals surface area contributed by atoms with Crippen LogP contribution in [0, 0.1) is 0 Å². The van der Waals surface area contributed by atoms with Gasteiger partial charge in [0.05, 0.1) is 12.6 Å². The summed E-state index contributed by atoms with van der Waals surface area (Å²) in [7, 11) is 0. The maximum absolute atomic E-state index is 12.2. The number of rotatable bonds is 6. The Kier molecular flexibility index (Phi) is 5.41. The van der Waals surface area contributed by atoms with Gasteiger partial charge in [0.1, 0.15) is 0 Å². The molecule has 0 aliphatic rings. The minimum absolute atomic E-state index is 0.0812. The normalized spacial score (nSPS) is 11.7. The lowest BCUT2D eigenvalue weighted by molar-refractivity contribution is 0.237. The van der Waals surface area contributed by atoms with Gasteiger partial charge in [-0.3, -0.25) is 9.67 Å². The topological polar surface area (TPSA) is 71.8 Å². The molecule has 0 aliphatic carbocycles. The molecule has 2 aromatic heterocycles. The minimum Gasteiger partial charge on any atom is -0.334 e. The predicted octanol–water partition coefficient (Wildman–Crippen LogP) is 2.89. The lowest BCUT2D eigenvalue weighted by Crippen LogP contribution is -2.36. The molecule has 0 spiro atoms. The second-order valence-electron chi connectivity index (χ2n) is 5.80. The molecule has 1 aromatic carbocycles. The van der Waals surface area contributed by atoms with E-state index >= 15 is 0 Å². The Hall–Kier alpha value is -3.15. The van der Waals surface area contributed by atoms with Gasteiger partial charge in [0.25, 0.3) is 0 Å². The van der Waals surface area contributed by atoms with Crippen LogP contribution in [0.15, 0.2) is 67.3 Å². The monoisotopic (exact) mass is 335 g/mol. The van der Waals surface area contributed by atoms with Crippen molar-refractivity contribution in [2.45, 2.75) is 26.1 Å². The van der Waals surface area contributed by atoms with Crippen LogP contribution in [0.25, 0.3) is 0 Å². The maximum Gasteiger partial charge on any atom is 0.315 e. The molecule has 2 heterocycles. The molecule has 3 rings (SSSR count). The van der Waals surface area contributed by atoms with Crippen LogP contribution < -0.4 is 10.6 Å². The summed E-state index contributed by atoms with van der Waals surface area (Å²) in [5.41, 5.74) is 3.22. The third-order valence-electron chi connectivity index (χ3n) is 4.00. The van der Waals surface area contributed by atoms with E-state index in [2.05, 4.69) is 26.8 Å². The third kappa shape index (κ3) is 4.67. The smallest absolute Gasteiger partial charge is 0.315 e. The summed E-state index contributed by atoms with van der Waals surface area (Å²) in [4.78, 5) is 16.2. The molecule has 0 fully saturated rings. The van der Waals surface area contributed by atoms with E-state index in [0.29, 0.717) is 13.1 Å². The van der Waals surface area contributed by atoms with Gasteiger partial charge in [-0.2, -0.15) is 5.10 Å². The zero-order valence-electron chi connectivity index (χ0n) is 14.1. The van der Waals surface area contributed by atoms with E-state index < -0.39 is 0 Å². The zero-order chi connectivity index (χ0) is 17.5. The summed E-state index contributed by atoms with van der Waals surface area (Å²) in [5.74, 6) is 0.